The van der Waals surface area contributed by atoms with E-state index in [0.717, 1.165) is 33.9 Å². The van der Waals surface area contributed by atoms with Crippen molar-refractivity contribution >= 4 is 15.9 Å². The first kappa shape index (κ1) is 14.1. The lowest BCUT2D eigenvalue weighted by Crippen LogP contribution is -2.52. The van der Waals surface area contributed by atoms with E-state index in [1.165, 1.54) is 38.5 Å². The SMILES string of the molecule is C[C@@]12CCC[C@@H]1[C@@H]1CC[C@H]3C[C@H](Br)CC[C@]3(C)[C@H]1CC2. The van der Waals surface area contributed by atoms with Crippen LogP contribution in [0.5, 0.6) is 0 Å². The van der Waals surface area contributed by atoms with Crippen molar-refractivity contribution in [1.82, 2.24) is 0 Å². The summed E-state index contributed by atoms with van der Waals surface area (Å²) in [5.41, 5.74) is 1.42. The van der Waals surface area contributed by atoms with E-state index in [1.54, 1.807) is 25.7 Å². The van der Waals surface area contributed by atoms with Gasteiger partial charge in [0.05, 0.1) is 0 Å². The standard InChI is InChI=1S/C19H31Br/c1-18-9-3-4-16(18)15-6-5-13-12-14(20)7-11-19(13,2)17(15)8-10-18/h13-17H,3-12H2,1-2H3/t13-,14+,15-,16+,17-,18-,19-/m0/s1. The molecule has 0 heterocycles. The van der Waals surface area contributed by atoms with Gasteiger partial charge in [0.15, 0.2) is 0 Å². The molecule has 0 aromatic carbocycles. The zero-order valence-electron chi connectivity index (χ0n) is 13.3. The number of rotatable bonds is 0. The van der Waals surface area contributed by atoms with Crippen molar-refractivity contribution in [2.45, 2.75) is 82.9 Å². The summed E-state index contributed by atoms with van der Waals surface area (Å²) in [4.78, 5) is 0.817. The molecular weight excluding hydrogens is 308 g/mol. The van der Waals surface area contributed by atoms with Gasteiger partial charge in [-0.3, -0.25) is 0 Å². The maximum atomic E-state index is 3.92. The van der Waals surface area contributed by atoms with Crippen LogP contribution < -0.4 is 0 Å². The first-order valence-electron chi connectivity index (χ1n) is 9.17. The highest BCUT2D eigenvalue weighted by Crippen LogP contribution is 2.66. The zero-order chi connectivity index (χ0) is 14.0. The maximum absolute atomic E-state index is 3.92. The van der Waals surface area contributed by atoms with Crippen molar-refractivity contribution < 1.29 is 0 Å². The van der Waals surface area contributed by atoms with Crippen LogP contribution in [-0.4, -0.2) is 4.83 Å². The van der Waals surface area contributed by atoms with Gasteiger partial charge >= 0.3 is 0 Å². The molecule has 1 heteroatoms. The molecule has 0 aromatic heterocycles. The number of alkyl halides is 1. The third-order valence-electron chi connectivity index (χ3n) is 8.38. The van der Waals surface area contributed by atoms with Gasteiger partial charge in [-0.25, -0.2) is 0 Å². The fraction of sp³-hybridized carbons (Fsp3) is 1.00. The third-order valence-corrected chi connectivity index (χ3v) is 9.21. The summed E-state index contributed by atoms with van der Waals surface area (Å²) in [6.07, 6.45) is 15.2. The fourth-order valence-corrected chi connectivity index (χ4v) is 7.88. The Labute approximate surface area is 133 Å². The quantitative estimate of drug-likeness (QED) is 0.462. The molecule has 4 aliphatic rings. The van der Waals surface area contributed by atoms with Crippen LogP contribution in [0.2, 0.25) is 0 Å². The lowest BCUT2D eigenvalue weighted by Gasteiger charge is -2.60. The van der Waals surface area contributed by atoms with Gasteiger partial charge in [0.25, 0.3) is 0 Å². The molecule has 0 N–H and O–H groups in total. The average Bonchev–Trinajstić information content (AvgIpc) is 2.81. The van der Waals surface area contributed by atoms with E-state index in [4.69, 9.17) is 0 Å². The molecule has 4 saturated carbocycles. The van der Waals surface area contributed by atoms with Crippen LogP contribution in [-0.2, 0) is 0 Å². The summed E-state index contributed by atoms with van der Waals surface area (Å²) in [6.45, 7) is 5.32. The van der Waals surface area contributed by atoms with Gasteiger partial charge in [0, 0.05) is 4.83 Å². The monoisotopic (exact) mass is 338 g/mol. The molecule has 4 rings (SSSR count). The summed E-state index contributed by atoms with van der Waals surface area (Å²) in [5.74, 6) is 4.26. The van der Waals surface area contributed by atoms with E-state index in [1.807, 2.05) is 0 Å². The van der Waals surface area contributed by atoms with Crippen LogP contribution in [0.1, 0.15) is 78.1 Å². The van der Waals surface area contributed by atoms with E-state index in [-0.39, 0.29) is 0 Å². The highest BCUT2D eigenvalue weighted by molar-refractivity contribution is 9.09. The van der Waals surface area contributed by atoms with Crippen molar-refractivity contribution in [3.05, 3.63) is 0 Å². The Hall–Kier alpha value is 0.480. The lowest BCUT2D eigenvalue weighted by molar-refractivity contribution is -0.102. The molecule has 0 unspecified atom stereocenters. The Kier molecular flexibility index (Phi) is 3.34. The van der Waals surface area contributed by atoms with E-state index >= 15 is 0 Å². The highest BCUT2D eigenvalue weighted by Gasteiger charge is 2.57. The maximum Gasteiger partial charge on any atom is 0.0148 e. The van der Waals surface area contributed by atoms with Crippen molar-refractivity contribution in [2.24, 2.45) is 34.5 Å². The smallest absolute Gasteiger partial charge is 0.0148 e. The second-order valence-electron chi connectivity index (χ2n) is 9.11. The minimum Gasteiger partial charge on any atom is -0.0891 e. The molecule has 0 radical (unpaired) electrons. The first-order chi connectivity index (χ1) is 9.53. The molecular formula is C19H31Br. The Balaban J connectivity index is 1.62. The highest BCUT2D eigenvalue weighted by atomic mass is 79.9. The topological polar surface area (TPSA) is 0 Å². The van der Waals surface area contributed by atoms with Crippen LogP contribution in [0.15, 0.2) is 0 Å². The minimum absolute atomic E-state index is 0.692. The van der Waals surface area contributed by atoms with Gasteiger partial charge in [-0.1, -0.05) is 36.2 Å². The van der Waals surface area contributed by atoms with Crippen molar-refractivity contribution in [1.29, 1.82) is 0 Å². The van der Waals surface area contributed by atoms with E-state index in [0.29, 0.717) is 5.41 Å². The summed E-state index contributed by atoms with van der Waals surface area (Å²) >= 11 is 3.92. The Morgan fingerprint density at radius 3 is 2.55 bits per heavy atom. The molecule has 0 aromatic rings. The summed E-state index contributed by atoms with van der Waals surface area (Å²) in [5, 5.41) is 0. The molecule has 7 atom stereocenters. The molecule has 0 spiro atoms. The van der Waals surface area contributed by atoms with E-state index in [2.05, 4.69) is 29.8 Å². The van der Waals surface area contributed by atoms with Crippen LogP contribution in [0.25, 0.3) is 0 Å². The molecule has 20 heavy (non-hydrogen) atoms. The van der Waals surface area contributed by atoms with Gasteiger partial charge in [-0.05, 0) is 92.3 Å². The third kappa shape index (κ3) is 1.90. The van der Waals surface area contributed by atoms with Crippen LogP contribution in [0.3, 0.4) is 0 Å². The predicted molar refractivity (Wildman–Crippen MR) is 89.1 cm³/mol. The van der Waals surface area contributed by atoms with Crippen LogP contribution >= 0.6 is 15.9 Å². The summed E-state index contributed by atoms with van der Waals surface area (Å²) in [6, 6.07) is 0. The molecule has 0 nitrogen and oxygen atoms in total. The van der Waals surface area contributed by atoms with Crippen LogP contribution in [0.4, 0.5) is 0 Å². The zero-order valence-corrected chi connectivity index (χ0v) is 14.9. The molecule has 4 aliphatic carbocycles. The molecule has 4 fully saturated rings. The van der Waals surface area contributed by atoms with Crippen molar-refractivity contribution in [3.63, 3.8) is 0 Å². The van der Waals surface area contributed by atoms with Gasteiger partial charge in [0.2, 0.25) is 0 Å². The molecule has 0 amide bonds. The molecule has 0 saturated heterocycles. The normalized spacial score (nSPS) is 58.6. The van der Waals surface area contributed by atoms with Gasteiger partial charge in [0.1, 0.15) is 0 Å². The summed E-state index contributed by atoms with van der Waals surface area (Å²) < 4.78 is 0. The Bertz CT molecular complexity index is 391. The first-order valence-corrected chi connectivity index (χ1v) is 10.1. The number of hydrogen-bond acceptors (Lipinski definition) is 0. The summed E-state index contributed by atoms with van der Waals surface area (Å²) in [7, 11) is 0. The van der Waals surface area contributed by atoms with E-state index in [9.17, 15) is 0 Å². The number of hydrogen-bond donors (Lipinski definition) is 0. The Morgan fingerprint density at radius 1 is 0.850 bits per heavy atom. The largest absolute Gasteiger partial charge is 0.0891 e. The minimum atomic E-state index is 0.692. The van der Waals surface area contributed by atoms with Crippen molar-refractivity contribution in [3.8, 4) is 0 Å². The Morgan fingerprint density at radius 2 is 1.70 bits per heavy atom. The van der Waals surface area contributed by atoms with E-state index < -0.39 is 0 Å². The predicted octanol–water partition coefficient (Wildman–Crippen LogP) is 6.18. The van der Waals surface area contributed by atoms with Gasteiger partial charge in [-0.2, -0.15) is 0 Å². The van der Waals surface area contributed by atoms with Gasteiger partial charge < -0.3 is 0 Å². The van der Waals surface area contributed by atoms with Gasteiger partial charge in [-0.15, -0.1) is 0 Å². The van der Waals surface area contributed by atoms with Crippen molar-refractivity contribution in [2.75, 3.05) is 0 Å². The number of halogens is 1. The number of fused-ring (bicyclic) bond motifs is 5. The lowest BCUT2D eigenvalue weighted by atomic mass is 9.45. The second kappa shape index (κ2) is 4.74. The fourth-order valence-electron chi connectivity index (χ4n) is 7.20. The molecule has 114 valence electrons. The molecule has 0 bridgehead atoms. The second-order valence-corrected chi connectivity index (χ2v) is 10.4. The molecule has 0 aliphatic heterocycles. The van der Waals surface area contributed by atoms with Crippen LogP contribution in [0, 0.1) is 34.5 Å². The average molecular weight is 339 g/mol.